The number of aliphatic hydroxyl groups is 2. The molecule has 0 spiro atoms. The fourth-order valence-electron chi connectivity index (χ4n) is 6.02. The Morgan fingerprint density at radius 3 is 2.71 bits per heavy atom. The number of thiazole rings is 1. The van der Waals surface area contributed by atoms with Crippen molar-refractivity contribution in [2.75, 3.05) is 0 Å². The molecule has 1 aliphatic carbocycles. The first kappa shape index (κ1) is 29.1. The topological polar surface area (TPSA) is 109 Å². The van der Waals surface area contributed by atoms with E-state index in [1.165, 1.54) is 0 Å². The van der Waals surface area contributed by atoms with Crippen molar-refractivity contribution in [3.05, 3.63) is 27.5 Å². The quantitative estimate of drug-likeness (QED) is 0.341. The number of cyclic esters (lactones) is 1. The van der Waals surface area contributed by atoms with Crippen molar-refractivity contribution in [3.8, 4) is 0 Å². The molecule has 1 unspecified atom stereocenters. The van der Waals surface area contributed by atoms with E-state index < -0.39 is 35.6 Å². The van der Waals surface area contributed by atoms with Crippen molar-refractivity contribution in [1.82, 2.24) is 4.98 Å². The molecule has 210 valence electrons. The highest BCUT2D eigenvalue weighted by Crippen LogP contribution is 2.45. The highest BCUT2D eigenvalue weighted by Gasteiger charge is 2.53. The summed E-state index contributed by atoms with van der Waals surface area (Å²) in [4.78, 5) is 31.4. The molecule has 0 aromatic carbocycles. The van der Waals surface area contributed by atoms with Crippen LogP contribution in [0.5, 0.6) is 0 Å². The van der Waals surface area contributed by atoms with Gasteiger partial charge in [0.05, 0.1) is 50.6 Å². The smallest absolute Gasteiger partial charge is 0.308 e. The van der Waals surface area contributed by atoms with Crippen molar-refractivity contribution >= 4 is 35.2 Å². The largest absolute Gasteiger partial charge is 0.462 e. The number of esters is 1. The Morgan fingerprint density at radius 1 is 1.26 bits per heavy atom. The minimum absolute atomic E-state index is 0.0307. The van der Waals surface area contributed by atoms with Crippen LogP contribution in [0.1, 0.15) is 77.6 Å². The number of aryl methyl sites for hydroxylation is 1. The zero-order chi connectivity index (χ0) is 27.8. The minimum Gasteiger partial charge on any atom is -0.462 e. The van der Waals surface area contributed by atoms with Gasteiger partial charge in [0.2, 0.25) is 0 Å². The third-order valence-electron chi connectivity index (χ3n) is 8.89. The summed E-state index contributed by atoms with van der Waals surface area (Å²) in [6, 6.07) is 0. The van der Waals surface area contributed by atoms with Gasteiger partial charge in [0.15, 0.2) is 0 Å². The molecule has 7 nitrogen and oxygen atoms in total. The zero-order valence-electron chi connectivity index (χ0n) is 23.3. The number of aliphatic hydroxyl groups excluding tert-OH is 2. The molecule has 8 heteroatoms. The number of fused-ring (bicyclic) bond motifs is 2. The Balaban J connectivity index is 1.60. The standard InChI is InChI=1S/C30H43NO6S/c1-7-9-20-27(34)17(2)10-8-13-30(6)25(37-30)15-22(19-11-12-23-21(14-19)31-18(3)38-23)36-26(33)16-24(32)29(4,5)28(20)35/h7,12,14,17,19-20,22,24-25,27,32,34H,1,8-11,13,15-16H2,2-6H3/t17-,19?,20+,22-,24-,25-,27-,30+/m0/s1. The number of ether oxygens (including phenoxy) is 2. The summed E-state index contributed by atoms with van der Waals surface area (Å²) in [5.41, 5.74) is -1.54. The van der Waals surface area contributed by atoms with Gasteiger partial charge in [-0.2, -0.15) is 0 Å². The number of epoxide rings is 1. The molecule has 3 heterocycles. The molecule has 0 amide bonds. The molecule has 0 radical (unpaired) electrons. The van der Waals surface area contributed by atoms with Crippen LogP contribution < -0.4 is 9.88 Å². The van der Waals surface area contributed by atoms with Crippen LogP contribution in [0.25, 0.3) is 12.2 Å². The molecule has 0 saturated carbocycles. The van der Waals surface area contributed by atoms with Gasteiger partial charge >= 0.3 is 5.97 Å². The van der Waals surface area contributed by atoms with Gasteiger partial charge in [-0.3, -0.25) is 9.59 Å². The zero-order valence-corrected chi connectivity index (χ0v) is 24.1. The predicted octanol–water partition coefficient (Wildman–Crippen LogP) is 3.21. The maximum absolute atomic E-state index is 13.6. The van der Waals surface area contributed by atoms with E-state index in [9.17, 15) is 19.8 Å². The molecule has 2 saturated heterocycles. The van der Waals surface area contributed by atoms with Crippen molar-refractivity contribution in [2.24, 2.45) is 23.2 Å². The Kier molecular flexibility index (Phi) is 8.67. The second-order valence-electron chi connectivity index (χ2n) is 12.2. The summed E-state index contributed by atoms with van der Waals surface area (Å²) in [6.07, 6.45) is 7.07. The number of nitrogens with zero attached hydrogens (tertiary/aromatic N) is 1. The summed E-state index contributed by atoms with van der Waals surface area (Å²) >= 11 is 1.66. The molecule has 4 rings (SSSR count). The maximum atomic E-state index is 13.6. The number of ketones is 1. The molecule has 0 bridgehead atoms. The number of carbonyl (C=O) groups excluding carboxylic acids is 2. The lowest BCUT2D eigenvalue weighted by molar-refractivity contribution is -0.157. The van der Waals surface area contributed by atoms with Gasteiger partial charge in [-0.25, -0.2) is 4.98 Å². The van der Waals surface area contributed by atoms with E-state index in [0.29, 0.717) is 12.8 Å². The number of carbonyl (C=O) groups is 2. The van der Waals surface area contributed by atoms with E-state index in [1.54, 1.807) is 31.3 Å². The Morgan fingerprint density at radius 2 is 2.00 bits per heavy atom. The molecule has 3 aliphatic rings. The van der Waals surface area contributed by atoms with E-state index in [0.717, 1.165) is 40.6 Å². The average Bonchev–Trinajstić information content (AvgIpc) is 3.32. The Bertz CT molecular complexity index is 1170. The first-order chi connectivity index (χ1) is 17.9. The summed E-state index contributed by atoms with van der Waals surface area (Å²) in [6.45, 7) is 13.1. The maximum Gasteiger partial charge on any atom is 0.308 e. The van der Waals surface area contributed by atoms with Gasteiger partial charge in [-0.1, -0.05) is 45.4 Å². The summed E-state index contributed by atoms with van der Waals surface area (Å²) in [7, 11) is 0. The average molecular weight is 546 g/mol. The summed E-state index contributed by atoms with van der Waals surface area (Å²) in [5, 5.41) is 24.1. The summed E-state index contributed by atoms with van der Waals surface area (Å²) in [5.74, 6) is -1.65. The predicted molar refractivity (Wildman–Crippen MR) is 148 cm³/mol. The fraction of sp³-hybridized carbons (Fsp3) is 0.700. The van der Waals surface area contributed by atoms with Crippen LogP contribution >= 0.6 is 11.3 Å². The normalized spacial score (nSPS) is 38.1. The number of Topliss-reactive ketones (excluding diaryl/α,β-unsaturated/α-hetero) is 1. The lowest BCUT2D eigenvalue weighted by atomic mass is 9.71. The number of hydrogen-bond acceptors (Lipinski definition) is 8. The van der Waals surface area contributed by atoms with Crippen LogP contribution in [0, 0.1) is 30.1 Å². The lowest BCUT2D eigenvalue weighted by Crippen LogP contribution is -2.46. The van der Waals surface area contributed by atoms with Gasteiger partial charge in [0, 0.05) is 18.3 Å². The van der Waals surface area contributed by atoms with Crippen LogP contribution in [0.15, 0.2) is 12.7 Å². The molecule has 2 aliphatic heterocycles. The van der Waals surface area contributed by atoms with E-state index in [1.807, 2.05) is 13.8 Å². The fourth-order valence-corrected chi connectivity index (χ4v) is 6.88. The molecule has 38 heavy (non-hydrogen) atoms. The van der Waals surface area contributed by atoms with Gasteiger partial charge in [0.25, 0.3) is 0 Å². The van der Waals surface area contributed by atoms with Crippen LogP contribution in [-0.4, -0.2) is 57.0 Å². The lowest BCUT2D eigenvalue weighted by Gasteiger charge is -2.36. The van der Waals surface area contributed by atoms with Gasteiger partial charge < -0.3 is 19.7 Å². The van der Waals surface area contributed by atoms with Crippen molar-refractivity contribution in [2.45, 2.75) is 110 Å². The first-order valence-electron chi connectivity index (χ1n) is 13.9. The van der Waals surface area contributed by atoms with Crippen molar-refractivity contribution in [3.63, 3.8) is 0 Å². The first-order valence-corrected chi connectivity index (χ1v) is 14.7. The third-order valence-corrected chi connectivity index (χ3v) is 9.87. The number of allylic oxidation sites excluding steroid dienone is 1. The van der Waals surface area contributed by atoms with E-state index in [4.69, 9.17) is 9.47 Å². The van der Waals surface area contributed by atoms with Crippen molar-refractivity contribution in [1.29, 1.82) is 0 Å². The van der Waals surface area contributed by atoms with Gasteiger partial charge in [-0.05, 0) is 45.4 Å². The Hall–Kier alpha value is -1.87. The third kappa shape index (κ3) is 6.14. The highest BCUT2D eigenvalue weighted by atomic mass is 32.1. The molecule has 8 atom stereocenters. The second-order valence-corrected chi connectivity index (χ2v) is 13.5. The second kappa shape index (κ2) is 11.3. The van der Waals surface area contributed by atoms with Crippen LogP contribution in [0.3, 0.4) is 0 Å². The van der Waals surface area contributed by atoms with E-state index in [-0.39, 0.29) is 35.7 Å². The van der Waals surface area contributed by atoms with Gasteiger partial charge in [-0.15, -0.1) is 17.9 Å². The molecule has 1 aromatic heterocycles. The van der Waals surface area contributed by atoms with Crippen LogP contribution in [0.2, 0.25) is 0 Å². The molecular weight excluding hydrogens is 502 g/mol. The molecular formula is C30H43NO6S. The highest BCUT2D eigenvalue weighted by molar-refractivity contribution is 7.09. The SMILES string of the molecule is C=CC[C@H]1C(=O)C(C)(C)[C@@H](O)CC(=O)O[C@H](C2C=c3nc(C)sc3=CC2)C[C@@H]2O[C@]2(C)CCC[C@H](C)[C@@H]1O. The molecule has 2 N–H and O–H groups in total. The minimum atomic E-state index is -1.25. The molecule has 1 aromatic rings. The van der Waals surface area contributed by atoms with Crippen molar-refractivity contribution < 1.29 is 29.3 Å². The van der Waals surface area contributed by atoms with Crippen LogP contribution in [0.4, 0.5) is 0 Å². The summed E-state index contributed by atoms with van der Waals surface area (Å²) < 4.78 is 13.3. The van der Waals surface area contributed by atoms with Gasteiger partial charge in [0.1, 0.15) is 11.9 Å². The number of rotatable bonds is 3. The molecule has 2 fully saturated rings. The monoisotopic (exact) mass is 545 g/mol. The van der Waals surface area contributed by atoms with E-state index >= 15 is 0 Å². The number of aromatic nitrogens is 1. The van der Waals surface area contributed by atoms with E-state index in [2.05, 4.69) is 30.6 Å². The number of hydrogen-bond donors (Lipinski definition) is 2. The Labute approximate surface area is 229 Å². The van der Waals surface area contributed by atoms with Crippen LogP contribution in [-0.2, 0) is 19.1 Å².